The molecular weight excluding hydrogens is 544 g/mol. The molecule has 0 bridgehead atoms. The zero-order chi connectivity index (χ0) is 29.1. The number of hydrogen-bond donors (Lipinski definition) is 0. The first-order chi connectivity index (χ1) is 19.8. The van der Waals surface area contributed by atoms with Gasteiger partial charge in [0.25, 0.3) is 5.56 Å². The predicted molar refractivity (Wildman–Crippen MR) is 156 cm³/mol. The molecule has 1 aliphatic heterocycles. The van der Waals surface area contributed by atoms with Crippen molar-refractivity contribution in [2.24, 2.45) is 7.05 Å². The van der Waals surface area contributed by atoms with Gasteiger partial charge in [0, 0.05) is 45.6 Å². The molecular formula is C28H36N8O4S. The smallest absolute Gasteiger partial charge is 0.281 e. The van der Waals surface area contributed by atoms with Crippen LogP contribution in [-0.2, 0) is 23.5 Å². The normalized spacial score (nSPS) is 15.0. The molecule has 0 amide bonds. The number of nitrogens with zero attached hydrogens (tertiary/aromatic N) is 8. The highest BCUT2D eigenvalue weighted by molar-refractivity contribution is 7.89. The van der Waals surface area contributed by atoms with Gasteiger partial charge in [0.05, 0.1) is 29.0 Å². The average Bonchev–Trinajstić information content (AvgIpc) is 3.36. The van der Waals surface area contributed by atoms with E-state index in [-0.39, 0.29) is 16.0 Å². The Bertz CT molecular complexity index is 1690. The van der Waals surface area contributed by atoms with Gasteiger partial charge in [0.2, 0.25) is 10.0 Å². The Kier molecular flexibility index (Phi) is 8.47. The van der Waals surface area contributed by atoms with E-state index in [1.165, 1.54) is 8.87 Å². The Morgan fingerprint density at radius 3 is 2.44 bits per heavy atom. The molecule has 0 N–H and O–H groups in total. The van der Waals surface area contributed by atoms with Crippen molar-refractivity contribution < 1.29 is 13.2 Å². The minimum atomic E-state index is -3.77. The molecule has 1 aromatic carbocycles. The van der Waals surface area contributed by atoms with Gasteiger partial charge in [-0.25, -0.2) is 23.1 Å². The minimum absolute atomic E-state index is 0.139. The summed E-state index contributed by atoms with van der Waals surface area (Å²) in [7, 11) is -2.16. The number of aromatic nitrogens is 6. The van der Waals surface area contributed by atoms with E-state index in [0.29, 0.717) is 67.7 Å². The van der Waals surface area contributed by atoms with Crippen molar-refractivity contribution in [1.29, 1.82) is 0 Å². The Labute approximate surface area is 239 Å². The van der Waals surface area contributed by atoms with Crippen LogP contribution in [0.3, 0.4) is 0 Å². The van der Waals surface area contributed by atoms with E-state index in [4.69, 9.17) is 9.72 Å². The summed E-state index contributed by atoms with van der Waals surface area (Å²) in [5.41, 5.74) is 1.47. The zero-order valence-corrected chi connectivity index (χ0v) is 24.8. The van der Waals surface area contributed by atoms with Crippen LogP contribution in [0.5, 0.6) is 5.75 Å². The van der Waals surface area contributed by atoms with Gasteiger partial charge in [-0.05, 0) is 37.6 Å². The van der Waals surface area contributed by atoms with Crippen molar-refractivity contribution in [3.05, 3.63) is 52.8 Å². The third-order valence-corrected chi connectivity index (χ3v) is 9.21. The molecule has 4 aromatic rings. The second kappa shape index (κ2) is 12.0. The third kappa shape index (κ3) is 5.48. The summed E-state index contributed by atoms with van der Waals surface area (Å²) >= 11 is 0. The van der Waals surface area contributed by atoms with Gasteiger partial charge in [-0.2, -0.15) is 9.40 Å². The minimum Gasteiger partial charge on any atom is -0.493 e. The van der Waals surface area contributed by atoms with Crippen LogP contribution in [0.1, 0.15) is 39.3 Å². The molecule has 13 heteroatoms. The Morgan fingerprint density at radius 1 is 1.00 bits per heavy atom. The summed E-state index contributed by atoms with van der Waals surface area (Å²) in [5.74, 6) is 1.25. The van der Waals surface area contributed by atoms with Crippen LogP contribution in [0.2, 0.25) is 0 Å². The van der Waals surface area contributed by atoms with E-state index < -0.39 is 10.0 Å². The summed E-state index contributed by atoms with van der Waals surface area (Å²) in [5, 5.41) is 4.58. The monoisotopic (exact) mass is 580 g/mol. The van der Waals surface area contributed by atoms with Gasteiger partial charge >= 0.3 is 0 Å². The molecule has 1 aliphatic rings. The molecule has 1 saturated heterocycles. The summed E-state index contributed by atoms with van der Waals surface area (Å²) < 4.78 is 38.0. The highest BCUT2D eigenvalue weighted by Gasteiger charge is 2.30. The Hall–Kier alpha value is -3.68. The van der Waals surface area contributed by atoms with Crippen LogP contribution in [0.4, 0.5) is 0 Å². The van der Waals surface area contributed by atoms with Gasteiger partial charge in [-0.15, -0.1) is 0 Å². The number of ether oxygens (including phenoxy) is 1. The lowest BCUT2D eigenvalue weighted by atomic mass is 10.1. The molecule has 12 nitrogen and oxygen atoms in total. The lowest BCUT2D eigenvalue weighted by Gasteiger charge is -2.33. The summed E-state index contributed by atoms with van der Waals surface area (Å²) in [4.78, 5) is 29.5. The number of rotatable bonds is 10. The largest absolute Gasteiger partial charge is 0.493 e. The van der Waals surface area contributed by atoms with Gasteiger partial charge in [0.15, 0.2) is 11.3 Å². The van der Waals surface area contributed by atoms with Gasteiger partial charge in [-0.1, -0.05) is 27.2 Å². The second-order valence-corrected chi connectivity index (χ2v) is 12.0. The van der Waals surface area contributed by atoms with Crippen molar-refractivity contribution in [3.8, 4) is 23.0 Å². The molecule has 218 valence electrons. The van der Waals surface area contributed by atoms with Crippen molar-refractivity contribution in [1.82, 2.24) is 38.5 Å². The first-order valence-electron chi connectivity index (χ1n) is 14.0. The van der Waals surface area contributed by atoms with Crippen LogP contribution in [0.15, 0.2) is 46.5 Å². The molecule has 0 saturated carbocycles. The summed E-state index contributed by atoms with van der Waals surface area (Å²) in [6, 6.07) is 4.81. The predicted octanol–water partition coefficient (Wildman–Crippen LogP) is 2.64. The Morgan fingerprint density at radius 2 is 1.78 bits per heavy atom. The van der Waals surface area contributed by atoms with Crippen molar-refractivity contribution >= 4 is 21.1 Å². The SMILES string of the molecule is CCCOc1ccc(S(=O)(=O)N2CCN(CC)CC2)cc1-c1nc2c(CCC)n(-c3cnccn3)nc2c(=O)n1C. The van der Waals surface area contributed by atoms with Gasteiger partial charge < -0.3 is 9.64 Å². The summed E-state index contributed by atoms with van der Waals surface area (Å²) in [6.45, 7) is 9.62. The maximum Gasteiger partial charge on any atom is 0.281 e. The molecule has 3 aromatic heterocycles. The quantitative estimate of drug-likeness (QED) is 0.278. The van der Waals surface area contributed by atoms with E-state index in [1.807, 2.05) is 13.8 Å². The number of piperazine rings is 1. The first-order valence-corrected chi connectivity index (χ1v) is 15.5. The van der Waals surface area contributed by atoms with E-state index >= 15 is 0 Å². The molecule has 41 heavy (non-hydrogen) atoms. The van der Waals surface area contributed by atoms with Crippen LogP contribution in [-0.4, -0.2) is 86.3 Å². The topological polar surface area (TPSA) is 128 Å². The molecule has 0 radical (unpaired) electrons. The highest BCUT2D eigenvalue weighted by Crippen LogP contribution is 2.33. The standard InChI is InChI=1S/C28H36N8O4S/c1-5-8-22-25-26(32-36(22)24-19-29-11-12-30-24)28(37)33(4)27(31-25)21-18-20(9-10-23(21)40-17-6-2)41(38,39)35-15-13-34(7-3)14-16-35/h9-12,18-19H,5-8,13-17H2,1-4H3. The fourth-order valence-electron chi connectivity index (χ4n) is 5.05. The average molecular weight is 581 g/mol. The van der Waals surface area contributed by atoms with Crippen molar-refractivity contribution in [2.75, 3.05) is 39.3 Å². The van der Waals surface area contributed by atoms with Crippen molar-refractivity contribution in [2.45, 2.75) is 44.9 Å². The van der Waals surface area contributed by atoms with E-state index in [9.17, 15) is 13.2 Å². The van der Waals surface area contributed by atoms with Gasteiger partial charge in [0.1, 0.15) is 17.1 Å². The number of hydrogen-bond acceptors (Lipinski definition) is 9. The van der Waals surface area contributed by atoms with E-state index in [1.54, 1.807) is 48.5 Å². The fraction of sp³-hybridized carbons (Fsp3) is 0.464. The second-order valence-electron chi connectivity index (χ2n) is 10.0. The number of sulfonamides is 1. The van der Waals surface area contributed by atoms with Crippen LogP contribution in [0, 0.1) is 0 Å². The molecule has 0 unspecified atom stereocenters. The van der Waals surface area contributed by atoms with Gasteiger partial charge in [-0.3, -0.25) is 14.3 Å². The van der Waals surface area contributed by atoms with Crippen molar-refractivity contribution in [3.63, 3.8) is 0 Å². The third-order valence-electron chi connectivity index (χ3n) is 7.32. The lowest BCUT2D eigenvalue weighted by Crippen LogP contribution is -2.48. The number of benzene rings is 1. The van der Waals surface area contributed by atoms with E-state index in [0.717, 1.165) is 25.1 Å². The molecule has 0 atom stereocenters. The van der Waals surface area contributed by atoms with E-state index in [2.05, 4.69) is 26.9 Å². The highest BCUT2D eigenvalue weighted by atomic mass is 32.2. The molecule has 5 rings (SSSR count). The van der Waals surface area contributed by atoms with Crippen LogP contribution < -0.4 is 10.3 Å². The number of fused-ring (bicyclic) bond motifs is 1. The molecule has 0 aliphatic carbocycles. The first kappa shape index (κ1) is 28.8. The Balaban J connectivity index is 1.68. The summed E-state index contributed by atoms with van der Waals surface area (Å²) in [6.07, 6.45) is 6.88. The zero-order valence-electron chi connectivity index (χ0n) is 23.9. The molecule has 4 heterocycles. The number of aryl methyl sites for hydroxylation is 1. The maximum atomic E-state index is 13.7. The fourth-order valence-corrected chi connectivity index (χ4v) is 6.50. The lowest BCUT2D eigenvalue weighted by molar-refractivity contribution is 0.196. The molecule has 1 fully saturated rings. The van der Waals surface area contributed by atoms with Crippen LogP contribution >= 0.6 is 0 Å². The molecule has 0 spiro atoms. The maximum absolute atomic E-state index is 13.7. The number of likely N-dealkylation sites (N-methyl/N-ethyl adjacent to an activating group) is 1. The van der Waals surface area contributed by atoms with Crippen LogP contribution in [0.25, 0.3) is 28.2 Å².